The third kappa shape index (κ3) is 1.99. The van der Waals surface area contributed by atoms with E-state index in [1.165, 1.54) is 15.8 Å². The lowest BCUT2D eigenvalue weighted by molar-refractivity contribution is 1.48. The fraction of sp³-hybridized carbons (Fsp3) is 0. The molecule has 2 aromatic carbocycles. The average Bonchev–Trinajstić information content (AvgIpc) is 2.81. The van der Waals surface area contributed by atoms with Crippen molar-refractivity contribution in [1.82, 2.24) is 4.98 Å². The standard InChI is InChI=1S/C14H9NS2/c16-9-14-15-12-8-11(6-7-13(12)17-14)10-4-2-1-3-5-10/h1-9H. The minimum absolute atomic E-state index is 0.903. The highest BCUT2D eigenvalue weighted by atomic mass is 32.1. The highest BCUT2D eigenvalue weighted by Crippen LogP contribution is 2.27. The van der Waals surface area contributed by atoms with Crippen molar-refractivity contribution in [3.8, 4) is 11.1 Å². The van der Waals surface area contributed by atoms with Gasteiger partial charge in [0.15, 0.2) is 0 Å². The van der Waals surface area contributed by atoms with Gasteiger partial charge in [-0.15, -0.1) is 11.3 Å². The molecule has 3 rings (SSSR count). The zero-order valence-electron chi connectivity index (χ0n) is 8.96. The van der Waals surface area contributed by atoms with Gasteiger partial charge in [-0.2, -0.15) is 0 Å². The molecule has 82 valence electrons. The van der Waals surface area contributed by atoms with Crippen molar-refractivity contribution < 1.29 is 0 Å². The second-order valence-corrected chi connectivity index (χ2v) is 5.02. The molecule has 0 aliphatic heterocycles. The molecule has 0 radical (unpaired) electrons. The van der Waals surface area contributed by atoms with E-state index >= 15 is 0 Å². The van der Waals surface area contributed by atoms with Crippen molar-refractivity contribution >= 4 is 39.1 Å². The first-order valence-electron chi connectivity index (χ1n) is 5.28. The Labute approximate surface area is 109 Å². The smallest absolute Gasteiger partial charge is 0.128 e. The summed E-state index contributed by atoms with van der Waals surface area (Å²) >= 11 is 6.54. The molecule has 0 saturated carbocycles. The lowest BCUT2D eigenvalue weighted by atomic mass is 10.1. The molecule has 1 heterocycles. The lowest BCUT2D eigenvalue weighted by Crippen LogP contribution is -1.77. The second-order valence-electron chi connectivity index (χ2n) is 3.72. The van der Waals surface area contributed by atoms with E-state index in [1.807, 2.05) is 18.2 Å². The largest absolute Gasteiger partial charge is 0.236 e. The number of hydrogen-bond donors (Lipinski definition) is 0. The van der Waals surface area contributed by atoms with Crippen LogP contribution in [0.4, 0.5) is 0 Å². The highest BCUT2D eigenvalue weighted by Gasteiger charge is 2.03. The molecule has 0 aliphatic rings. The first-order valence-corrected chi connectivity index (χ1v) is 6.57. The average molecular weight is 255 g/mol. The zero-order chi connectivity index (χ0) is 11.7. The minimum atomic E-state index is 0.903. The van der Waals surface area contributed by atoms with E-state index in [0.29, 0.717) is 0 Å². The summed E-state index contributed by atoms with van der Waals surface area (Å²) in [6, 6.07) is 16.7. The summed E-state index contributed by atoms with van der Waals surface area (Å²) in [4.78, 5) is 4.48. The molecule has 0 fully saturated rings. The van der Waals surface area contributed by atoms with E-state index in [9.17, 15) is 0 Å². The van der Waals surface area contributed by atoms with Gasteiger partial charge in [-0.05, 0) is 23.3 Å². The zero-order valence-corrected chi connectivity index (χ0v) is 10.6. The van der Waals surface area contributed by atoms with Crippen molar-refractivity contribution in [2.75, 3.05) is 0 Å². The maximum atomic E-state index is 4.91. The van der Waals surface area contributed by atoms with Crippen LogP contribution in [-0.2, 0) is 0 Å². The van der Waals surface area contributed by atoms with E-state index in [1.54, 1.807) is 16.7 Å². The van der Waals surface area contributed by atoms with Crippen LogP contribution in [0.5, 0.6) is 0 Å². The summed E-state index contributed by atoms with van der Waals surface area (Å²) in [6.07, 6.45) is 0. The first kappa shape index (κ1) is 10.6. The quantitative estimate of drug-likeness (QED) is 0.633. The number of benzene rings is 2. The molecule has 3 heteroatoms. The Morgan fingerprint density at radius 3 is 2.59 bits per heavy atom. The number of hydrogen-bond acceptors (Lipinski definition) is 3. The van der Waals surface area contributed by atoms with Crippen LogP contribution in [0.1, 0.15) is 5.01 Å². The predicted octanol–water partition coefficient (Wildman–Crippen LogP) is 4.31. The number of aromatic nitrogens is 1. The van der Waals surface area contributed by atoms with Crippen LogP contribution in [0.25, 0.3) is 21.3 Å². The maximum Gasteiger partial charge on any atom is 0.128 e. The molecule has 17 heavy (non-hydrogen) atoms. The topological polar surface area (TPSA) is 12.9 Å². The summed E-state index contributed by atoms with van der Waals surface area (Å²) < 4.78 is 1.18. The van der Waals surface area contributed by atoms with Gasteiger partial charge in [0.25, 0.3) is 0 Å². The number of nitrogens with zero attached hydrogens (tertiary/aromatic N) is 1. The molecule has 0 spiro atoms. The SMILES string of the molecule is S=Cc1nc2cc(-c3ccccc3)ccc2s1. The van der Waals surface area contributed by atoms with Gasteiger partial charge in [-0.1, -0.05) is 48.6 Å². The van der Waals surface area contributed by atoms with Crippen LogP contribution in [0, 0.1) is 0 Å². The Bertz CT molecular complexity index is 671. The van der Waals surface area contributed by atoms with Gasteiger partial charge in [0, 0.05) is 5.37 Å². The molecule has 0 aliphatic carbocycles. The molecule has 1 nitrogen and oxygen atoms in total. The van der Waals surface area contributed by atoms with Gasteiger partial charge < -0.3 is 0 Å². The predicted molar refractivity (Wildman–Crippen MR) is 77.8 cm³/mol. The molecule has 0 unspecified atom stereocenters. The molecule has 0 amide bonds. The van der Waals surface area contributed by atoms with Crippen LogP contribution in [0.3, 0.4) is 0 Å². The fourth-order valence-corrected chi connectivity index (χ4v) is 2.77. The number of fused-ring (bicyclic) bond motifs is 1. The van der Waals surface area contributed by atoms with E-state index < -0.39 is 0 Å². The Hall–Kier alpha value is -1.58. The first-order chi connectivity index (χ1) is 8.36. The molecular formula is C14H9NS2. The molecule has 0 saturated heterocycles. The normalized spacial score (nSPS) is 10.6. The van der Waals surface area contributed by atoms with Gasteiger partial charge in [0.1, 0.15) is 5.01 Å². The third-order valence-corrected chi connectivity index (χ3v) is 3.97. The second kappa shape index (κ2) is 4.35. The van der Waals surface area contributed by atoms with Crippen LogP contribution < -0.4 is 0 Å². The summed E-state index contributed by atoms with van der Waals surface area (Å²) in [5, 5.41) is 2.53. The summed E-state index contributed by atoms with van der Waals surface area (Å²) in [7, 11) is 0. The Balaban J connectivity index is 2.16. The Morgan fingerprint density at radius 1 is 1.00 bits per heavy atom. The van der Waals surface area contributed by atoms with Gasteiger partial charge in [-0.25, -0.2) is 4.98 Å². The highest BCUT2D eigenvalue weighted by molar-refractivity contribution is 7.79. The van der Waals surface area contributed by atoms with Crippen LogP contribution in [-0.4, -0.2) is 10.4 Å². The van der Waals surface area contributed by atoms with Gasteiger partial charge in [-0.3, -0.25) is 0 Å². The van der Waals surface area contributed by atoms with E-state index in [0.717, 1.165) is 10.5 Å². The lowest BCUT2D eigenvalue weighted by Gasteiger charge is -2.00. The molecule has 0 N–H and O–H groups in total. The van der Waals surface area contributed by atoms with Crippen LogP contribution in [0.15, 0.2) is 48.5 Å². The monoisotopic (exact) mass is 255 g/mol. The van der Waals surface area contributed by atoms with Crippen molar-refractivity contribution in [3.05, 3.63) is 53.5 Å². The summed E-state index contributed by atoms with van der Waals surface area (Å²) in [6.45, 7) is 0. The molecule has 3 aromatic rings. The van der Waals surface area contributed by atoms with Gasteiger partial charge in [0.05, 0.1) is 10.2 Å². The molecule has 0 atom stereocenters. The number of thiazole rings is 1. The fourth-order valence-electron chi connectivity index (χ4n) is 1.81. The third-order valence-electron chi connectivity index (χ3n) is 2.61. The number of thiocarbonyl (C=S) groups is 1. The molecule has 0 bridgehead atoms. The van der Waals surface area contributed by atoms with Gasteiger partial charge >= 0.3 is 0 Å². The van der Waals surface area contributed by atoms with E-state index in [4.69, 9.17) is 12.2 Å². The molecule has 1 aromatic heterocycles. The van der Waals surface area contributed by atoms with Crippen molar-refractivity contribution in [3.63, 3.8) is 0 Å². The molecular weight excluding hydrogens is 246 g/mol. The Kier molecular flexibility index (Phi) is 2.71. The van der Waals surface area contributed by atoms with Crippen molar-refractivity contribution in [1.29, 1.82) is 0 Å². The Morgan fingerprint density at radius 2 is 1.82 bits per heavy atom. The summed E-state index contributed by atoms with van der Waals surface area (Å²) in [5.74, 6) is 0. The number of rotatable bonds is 2. The van der Waals surface area contributed by atoms with E-state index in [-0.39, 0.29) is 0 Å². The van der Waals surface area contributed by atoms with Crippen molar-refractivity contribution in [2.45, 2.75) is 0 Å². The summed E-state index contributed by atoms with van der Waals surface area (Å²) in [5.41, 5.74) is 3.43. The van der Waals surface area contributed by atoms with Crippen LogP contribution in [0.2, 0.25) is 0 Å². The van der Waals surface area contributed by atoms with Gasteiger partial charge in [0.2, 0.25) is 0 Å². The van der Waals surface area contributed by atoms with E-state index in [2.05, 4.69) is 35.3 Å². The van der Waals surface area contributed by atoms with Crippen molar-refractivity contribution in [2.24, 2.45) is 0 Å². The van der Waals surface area contributed by atoms with Crippen LogP contribution >= 0.6 is 23.6 Å². The maximum absolute atomic E-state index is 4.91. The minimum Gasteiger partial charge on any atom is -0.236 e.